The molecule has 1 aromatic rings. The molecule has 1 saturated heterocycles. The maximum absolute atomic E-state index is 12.6. The van der Waals surface area contributed by atoms with Crippen LogP contribution in [0.3, 0.4) is 0 Å². The highest BCUT2D eigenvalue weighted by Gasteiger charge is 2.42. The minimum absolute atomic E-state index is 0.143. The third kappa shape index (κ3) is 3.29. The van der Waals surface area contributed by atoms with Gasteiger partial charge in [-0.05, 0) is 32.4 Å². The molecule has 0 aromatic carbocycles. The first-order valence-corrected chi connectivity index (χ1v) is 7.91. The summed E-state index contributed by atoms with van der Waals surface area (Å²) >= 11 is 0. The van der Waals surface area contributed by atoms with E-state index in [1.54, 1.807) is 34.8 Å². The van der Waals surface area contributed by atoms with Crippen molar-refractivity contribution in [2.75, 3.05) is 19.6 Å². The molecule has 0 unspecified atom stereocenters. The summed E-state index contributed by atoms with van der Waals surface area (Å²) in [6, 6.07) is 2.36. The van der Waals surface area contributed by atoms with E-state index < -0.39 is 17.7 Å². The fourth-order valence-corrected chi connectivity index (χ4v) is 3.01. The van der Waals surface area contributed by atoms with Crippen LogP contribution in [0, 0.1) is 0 Å². The van der Waals surface area contributed by atoms with Gasteiger partial charge in [-0.15, -0.1) is 0 Å². The van der Waals surface area contributed by atoms with Crippen LogP contribution < -0.4 is 5.73 Å². The van der Waals surface area contributed by atoms with Crippen molar-refractivity contribution in [3.63, 3.8) is 0 Å². The quantitative estimate of drug-likeness (QED) is 0.611. The zero-order valence-electron chi connectivity index (χ0n) is 13.9. The number of Topliss-reactive ketones (excluding diaryl/α,β-unsaturated/α-hetero) is 1. The van der Waals surface area contributed by atoms with Gasteiger partial charge in [0.15, 0.2) is 0 Å². The average Bonchev–Trinajstić information content (AvgIpc) is 3.12. The number of aryl methyl sites for hydroxylation is 1. The molecule has 2 N–H and O–H groups in total. The number of ketones is 1. The fraction of sp³-hybridized carbons (Fsp3) is 0.562. The van der Waals surface area contributed by atoms with E-state index in [1.807, 2.05) is 13.8 Å². The van der Waals surface area contributed by atoms with Gasteiger partial charge >= 0.3 is 0 Å². The minimum Gasteiger partial charge on any atom is -0.348 e. The van der Waals surface area contributed by atoms with Crippen LogP contribution in [0.2, 0.25) is 0 Å². The molecule has 1 aliphatic heterocycles. The molecule has 2 rings (SSSR count). The van der Waals surface area contributed by atoms with Gasteiger partial charge in [0.05, 0.1) is 5.69 Å². The highest BCUT2D eigenvalue weighted by Crippen LogP contribution is 2.20. The van der Waals surface area contributed by atoms with E-state index in [4.69, 9.17) is 5.73 Å². The van der Waals surface area contributed by atoms with E-state index in [0.717, 1.165) is 0 Å². The molecule has 2 heterocycles. The summed E-state index contributed by atoms with van der Waals surface area (Å²) in [5.41, 5.74) is 6.25. The zero-order valence-corrected chi connectivity index (χ0v) is 13.9. The Labute approximate surface area is 136 Å². The standard InChI is InChI=1S/C16H24N4O3/c1-4-19(5-2)15(22)13-9-11(17)10-20(13)16(23)14(21)12-7-6-8-18(12)3/h6-8,11,13H,4-5,9-10,17H2,1-3H3/t11-,13-/m0/s1. The number of carbonyl (C=O) groups is 3. The number of likely N-dealkylation sites (tertiary alicyclic amines) is 1. The van der Waals surface area contributed by atoms with Crippen molar-refractivity contribution in [3.05, 3.63) is 24.0 Å². The average molecular weight is 320 g/mol. The lowest BCUT2D eigenvalue weighted by atomic mass is 10.1. The van der Waals surface area contributed by atoms with Crippen molar-refractivity contribution in [2.24, 2.45) is 12.8 Å². The number of amides is 2. The van der Waals surface area contributed by atoms with Crippen molar-refractivity contribution >= 4 is 17.6 Å². The second kappa shape index (κ2) is 6.95. The number of carbonyl (C=O) groups excluding carboxylic acids is 3. The molecule has 0 radical (unpaired) electrons. The van der Waals surface area contributed by atoms with Gasteiger partial charge < -0.3 is 20.1 Å². The Morgan fingerprint density at radius 1 is 1.30 bits per heavy atom. The zero-order chi connectivity index (χ0) is 17.1. The number of hydrogen-bond acceptors (Lipinski definition) is 4. The lowest BCUT2D eigenvalue weighted by Crippen LogP contribution is -2.49. The van der Waals surface area contributed by atoms with Crippen molar-refractivity contribution < 1.29 is 14.4 Å². The lowest BCUT2D eigenvalue weighted by Gasteiger charge is -2.28. The number of hydrogen-bond donors (Lipinski definition) is 1. The third-order valence-corrected chi connectivity index (χ3v) is 4.33. The summed E-state index contributed by atoms with van der Waals surface area (Å²) in [6.07, 6.45) is 2.09. The molecule has 126 valence electrons. The van der Waals surface area contributed by atoms with Gasteiger partial charge in [-0.2, -0.15) is 0 Å². The Hall–Kier alpha value is -2.15. The monoisotopic (exact) mass is 320 g/mol. The van der Waals surface area contributed by atoms with Crippen molar-refractivity contribution in [2.45, 2.75) is 32.4 Å². The van der Waals surface area contributed by atoms with Crippen LogP contribution in [0.15, 0.2) is 18.3 Å². The summed E-state index contributed by atoms with van der Waals surface area (Å²) in [7, 11) is 1.70. The molecule has 1 aliphatic rings. The SMILES string of the molecule is CCN(CC)C(=O)[C@@H]1C[C@H](N)CN1C(=O)C(=O)c1cccn1C. The summed E-state index contributed by atoms with van der Waals surface area (Å²) < 4.78 is 1.59. The van der Waals surface area contributed by atoms with E-state index in [-0.39, 0.29) is 18.5 Å². The van der Waals surface area contributed by atoms with Crippen LogP contribution in [0.25, 0.3) is 0 Å². The van der Waals surface area contributed by atoms with Crippen LogP contribution in [0.1, 0.15) is 30.8 Å². The van der Waals surface area contributed by atoms with Gasteiger partial charge in [0.1, 0.15) is 6.04 Å². The molecular weight excluding hydrogens is 296 g/mol. The Kier molecular flexibility index (Phi) is 5.20. The number of aromatic nitrogens is 1. The van der Waals surface area contributed by atoms with Crippen molar-refractivity contribution in [3.8, 4) is 0 Å². The highest BCUT2D eigenvalue weighted by molar-refractivity contribution is 6.42. The van der Waals surface area contributed by atoms with Crippen LogP contribution in [0.4, 0.5) is 0 Å². The number of nitrogens with zero attached hydrogens (tertiary/aromatic N) is 3. The number of likely N-dealkylation sites (N-methyl/N-ethyl adjacent to an activating group) is 1. The molecule has 7 heteroatoms. The number of nitrogens with two attached hydrogens (primary N) is 1. The van der Waals surface area contributed by atoms with Gasteiger partial charge in [0.25, 0.3) is 11.7 Å². The molecule has 23 heavy (non-hydrogen) atoms. The molecule has 0 bridgehead atoms. The van der Waals surface area contributed by atoms with Crippen LogP contribution in [-0.2, 0) is 16.6 Å². The molecule has 0 aliphatic carbocycles. The summed E-state index contributed by atoms with van der Waals surface area (Å²) in [4.78, 5) is 40.6. The van der Waals surface area contributed by atoms with E-state index >= 15 is 0 Å². The van der Waals surface area contributed by atoms with Crippen LogP contribution >= 0.6 is 0 Å². The second-order valence-electron chi connectivity index (χ2n) is 5.81. The molecular formula is C16H24N4O3. The van der Waals surface area contributed by atoms with Crippen molar-refractivity contribution in [1.82, 2.24) is 14.4 Å². The first-order chi connectivity index (χ1) is 10.9. The number of rotatable bonds is 5. The minimum atomic E-state index is -0.662. The lowest BCUT2D eigenvalue weighted by molar-refractivity contribution is -0.141. The first-order valence-electron chi connectivity index (χ1n) is 7.91. The Morgan fingerprint density at radius 3 is 2.48 bits per heavy atom. The van der Waals surface area contributed by atoms with Gasteiger partial charge in [0, 0.05) is 38.9 Å². The highest BCUT2D eigenvalue weighted by atomic mass is 16.2. The van der Waals surface area contributed by atoms with Gasteiger partial charge in [-0.3, -0.25) is 14.4 Å². The van der Waals surface area contributed by atoms with Gasteiger partial charge in [0.2, 0.25) is 5.91 Å². The second-order valence-corrected chi connectivity index (χ2v) is 5.81. The Bertz CT molecular complexity index is 606. The molecule has 1 aromatic heterocycles. The molecule has 1 fully saturated rings. The largest absolute Gasteiger partial charge is 0.348 e. The fourth-order valence-electron chi connectivity index (χ4n) is 3.01. The summed E-state index contributed by atoms with van der Waals surface area (Å²) in [5, 5.41) is 0. The first kappa shape index (κ1) is 17.2. The topological polar surface area (TPSA) is 88.6 Å². The molecule has 2 amide bonds. The van der Waals surface area contributed by atoms with E-state index in [2.05, 4.69) is 0 Å². The maximum atomic E-state index is 12.6. The predicted molar refractivity (Wildman–Crippen MR) is 85.8 cm³/mol. The predicted octanol–water partition coefficient (Wildman–Crippen LogP) is 0.00440. The van der Waals surface area contributed by atoms with Crippen LogP contribution in [-0.4, -0.2) is 63.7 Å². The van der Waals surface area contributed by atoms with E-state index in [1.165, 1.54) is 4.90 Å². The van der Waals surface area contributed by atoms with Crippen molar-refractivity contribution in [1.29, 1.82) is 0 Å². The molecule has 0 spiro atoms. The Morgan fingerprint density at radius 2 is 1.96 bits per heavy atom. The normalized spacial score (nSPS) is 20.6. The maximum Gasteiger partial charge on any atom is 0.297 e. The molecule has 2 atom stereocenters. The summed E-state index contributed by atoms with van der Waals surface area (Å²) in [5.74, 6) is -1.41. The van der Waals surface area contributed by atoms with E-state index in [0.29, 0.717) is 25.2 Å². The third-order valence-electron chi connectivity index (χ3n) is 4.33. The Balaban J connectivity index is 2.22. The smallest absolute Gasteiger partial charge is 0.297 e. The van der Waals surface area contributed by atoms with E-state index in [9.17, 15) is 14.4 Å². The molecule has 7 nitrogen and oxygen atoms in total. The van der Waals surface area contributed by atoms with Crippen LogP contribution in [0.5, 0.6) is 0 Å². The molecule has 0 saturated carbocycles. The van der Waals surface area contributed by atoms with Gasteiger partial charge in [-0.1, -0.05) is 0 Å². The van der Waals surface area contributed by atoms with Gasteiger partial charge in [-0.25, -0.2) is 0 Å². The summed E-state index contributed by atoms with van der Waals surface area (Å²) in [6.45, 7) is 5.13.